The van der Waals surface area contributed by atoms with Gasteiger partial charge < -0.3 is 10.2 Å². The molecule has 2 rings (SSSR count). The highest BCUT2D eigenvalue weighted by atomic mass is 16.3. The van der Waals surface area contributed by atoms with Crippen molar-refractivity contribution in [3.05, 3.63) is 35.6 Å². The number of hydrogen-bond donors (Lipinski definition) is 1. The van der Waals surface area contributed by atoms with Crippen LogP contribution in [0, 0.1) is 5.41 Å². The van der Waals surface area contributed by atoms with E-state index in [9.17, 15) is 0 Å². The van der Waals surface area contributed by atoms with Crippen molar-refractivity contribution in [2.24, 2.45) is 11.1 Å². The van der Waals surface area contributed by atoms with Gasteiger partial charge in [0.15, 0.2) is 0 Å². The van der Waals surface area contributed by atoms with Crippen LogP contribution in [0.5, 0.6) is 0 Å². The van der Waals surface area contributed by atoms with Crippen LogP contribution in [0.4, 0.5) is 0 Å². The van der Waals surface area contributed by atoms with E-state index in [0.29, 0.717) is 0 Å². The Labute approximate surface area is 122 Å². The minimum Gasteiger partial charge on any atom is -0.459 e. The first-order valence-corrected chi connectivity index (χ1v) is 7.44. The van der Waals surface area contributed by atoms with Crippen molar-refractivity contribution in [3.63, 3.8) is 0 Å². The van der Waals surface area contributed by atoms with E-state index in [2.05, 4.69) is 65.8 Å². The molecular formula is C18H27NO. The molecule has 0 aliphatic carbocycles. The predicted octanol–water partition coefficient (Wildman–Crippen LogP) is 5.17. The Hall–Kier alpha value is -1.28. The molecule has 0 radical (unpaired) electrons. The fourth-order valence-electron chi connectivity index (χ4n) is 2.27. The molecule has 2 nitrogen and oxygen atoms in total. The third-order valence-corrected chi connectivity index (χ3v) is 4.44. The standard InChI is InChI=1S/C18H27NO/c1-7-18(5,6)13-8-9-14-12(10-13)11-15(20-14)16(19)17(2,3)4/h8-11,16H,7,19H2,1-6H3. The number of rotatable bonds is 3. The largest absolute Gasteiger partial charge is 0.459 e. The average molecular weight is 273 g/mol. The molecule has 1 atom stereocenters. The maximum atomic E-state index is 6.29. The van der Waals surface area contributed by atoms with Crippen LogP contribution in [-0.2, 0) is 5.41 Å². The van der Waals surface area contributed by atoms with Crippen LogP contribution < -0.4 is 5.73 Å². The average Bonchev–Trinajstić information content (AvgIpc) is 2.79. The Morgan fingerprint density at radius 2 is 1.75 bits per heavy atom. The van der Waals surface area contributed by atoms with Crippen molar-refractivity contribution in [2.45, 2.75) is 59.4 Å². The summed E-state index contributed by atoms with van der Waals surface area (Å²) in [6, 6.07) is 8.49. The minimum absolute atomic E-state index is 0.000600. The van der Waals surface area contributed by atoms with Crippen molar-refractivity contribution in [3.8, 4) is 0 Å². The summed E-state index contributed by atoms with van der Waals surface area (Å²) < 4.78 is 5.93. The van der Waals surface area contributed by atoms with Crippen molar-refractivity contribution in [1.82, 2.24) is 0 Å². The zero-order chi connectivity index (χ0) is 15.1. The van der Waals surface area contributed by atoms with Gasteiger partial charge in [0.05, 0.1) is 6.04 Å². The lowest BCUT2D eigenvalue weighted by Gasteiger charge is -2.24. The van der Waals surface area contributed by atoms with Crippen molar-refractivity contribution < 1.29 is 4.42 Å². The lowest BCUT2D eigenvalue weighted by atomic mass is 9.82. The van der Waals surface area contributed by atoms with Crippen LogP contribution in [-0.4, -0.2) is 0 Å². The first-order valence-electron chi connectivity index (χ1n) is 7.44. The quantitative estimate of drug-likeness (QED) is 0.838. The summed E-state index contributed by atoms with van der Waals surface area (Å²) in [6.07, 6.45) is 1.12. The molecule has 0 amide bonds. The molecule has 0 aliphatic heterocycles. The minimum atomic E-state index is -0.0856. The molecule has 0 spiro atoms. The van der Waals surface area contributed by atoms with Crippen LogP contribution in [0.15, 0.2) is 28.7 Å². The van der Waals surface area contributed by atoms with Crippen LogP contribution in [0.2, 0.25) is 0 Å². The maximum absolute atomic E-state index is 6.29. The van der Waals surface area contributed by atoms with Gasteiger partial charge in [0.25, 0.3) is 0 Å². The van der Waals surface area contributed by atoms with Crippen molar-refractivity contribution >= 4 is 11.0 Å². The Bertz CT molecular complexity index is 601. The van der Waals surface area contributed by atoms with Gasteiger partial charge in [0.2, 0.25) is 0 Å². The van der Waals surface area contributed by atoms with E-state index in [1.54, 1.807) is 0 Å². The summed E-state index contributed by atoms with van der Waals surface area (Å²) in [5.41, 5.74) is 8.76. The second kappa shape index (κ2) is 4.92. The monoisotopic (exact) mass is 273 g/mol. The van der Waals surface area contributed by atoms with Crippen LogP contribution in [0.25, 0.3) is 11.0 Å². The summed E-state index contributed by atoms with van der Waals surface area (Å²) in [5.74, 6) is 0.874. The van der Waals surface area contributed by atoms with Gasteiger partial charge in [-0.15, -0.1) is 0 Å². The Kier molecular flexibility index (Phi) is 3.72. The third-order valence-electron chi connectivity index (χ3n) is 4.44. The zero-order valence-corrected chi connectivity index (χ0v) is 13.6. The molecular weight excluding hydrogens is 246 g/mol. The van der Waals surface area contributed by atoms with Crippen molar-refractivity contribution in [2.75, 3.05) is 0 Å². The van der Waals surface area contributed by atoms with Gasteiger partial charge >= 0.3 is 0 Å². The highest BCUT2D eigenvalue weighted by Crippen LogP contribution is 2.35. The fraction of sp³-hybridized carbons (Fsp3) is 0.556. The van der Waals surface area contributed by atoms with Crippen molar-refractivity contribution in [1.29, 1.82) is 0 Å². The number of fused-ring (bicyclic) bond motifs is 1. The summed E-state index contributed by atoms with van der Waals surface area (Å²) in [6.45, 7) is 13.2. The van der Waals surface area contributed by atoms with Gasteiger partial charge in [-0.25, -0.2) is 0 Å². The molecule has 2 aromatic rings. The normalized spacial score (nSPS) is 14.8. The second-order valence-electron chi connectivity index (χ2n) is 7.48. The molecule has 0 aliphatic rings. The summed E-state index contributed by atoms with van der Waals surface area (Å²) in [7, 11) is 0. The lowest BCUT2D eigenvalue weighted by molar-refractivity contribution is 0.290. The van der Waals surface area contributed by atoms with Gasteiger partial charge in [-0.05, 0) is 41.0 Å². The molecule has 1 aromatic carbocycles. The van der Waals surface area contributed by atoms with E-state index in [1.807, 2.05) is 0 Å². The van der Waals surface area contributed by atoms with Gasteiger partial charge in [0, 0.05) is 5.39 Å². The molecule has 2 N–H and O–H groups in total. The van der Waals surface area contributed by atoms with Gasteiger partial charge in [-0.2, -0.15) is 0 Å². The molecule has 1 unspecified atom stereocenters. The van der Waals surface area contributed by atoms with Gasteiger partial charge in [-0.1, -0.05) is 47.6 Å². The fourth-order valence-corrected chi connectivity index (χ4v) is 2.27. The van der Waals surface area contributed by atoms with Crippen LogP contribution >= 0.6 is 0 Å². The maximum Gasteiger partial charge on any atom is 0.134 e. The highest BCUT2D eigenvalue weighted by Gasteiger charge is 2.26. The highest BCUT2D eigenvalue weighted by molar-refractivity contribution is 5.79. The van der Waals surface area contributed by atoms with Crippen LogP contribution in [0.3, 0.4) is 0 Å². The summed E-state index contributed by atoms with van der Waals surface area (Å²) >= 11 is 0. The Morgan fingerprint density at radius 3 is 2.30 bits per heavy atom. The number of nitrogens with two attached hydrogens (primary N) is 1. The SMILES string of the molecule is CCC(C)(C)c1ccc2oc(C(N)C(C)(C)C)cc2c1. The smallest absolute Gasteiger partial charge is 0.134 e. The first kappa shape index (κ1) is 15.1. The topological polar surface area (TPSA) is 39.2 Å². The Morgan fingerprint density at radius 1 is 1.10 bits per heavy atom. The molecule has 0 bridgehead atoms. The molecule has 1 heterocycles. The molecule has 110 valence electrons. The summed E-state index contributed by atoms with van der Waals surface area (Å²) in [4.78, 5) is 0. The molecule has 0 fully saturated rings. The first-order chi connectivity index (χ1) is 9.15. The lowest BCUT2D eigenvalue weighted by Crippen LogP contribution is -2.25. The number of benzene rings is 1. The molecule has 0 saturated heterocycles. The van der Waals surface area contributed by atoms with E-state index >= 15 is 0 Å². The molecule has 0 saturated carbocycles. The van der Waals surface area contributed by atoms with E-state index in [-0.39, 0.29) is 16.9 Å². The second-order valence-corrected chi connectivity index (χ2v) is 7.48. The van der Waals surface area contributed by atoms with E-state index in [4.69, 9.17) is 10.2 Å². The zero-order valence-electron chi connectivity index (χ0n) is 13.6. The Balaban J connectivity index is 2.46. The molecule has 20 heavy (non-hydrogen) atoms. The predicted molar refractivity (Wildman–Crippen MR) is 85.9 cm³/mol. The molecule has 2 heteroatoms. The number of hydrogen-bond acceptors (Lipinski definition) is 2. The number of furan rings is 1. The van der Waals surface area contributed by atoms with E-state index in [0.717, 1.165) is 23.2 Å². The van der Waals surface area contributed by atoms with Crippen LogP contribution in [0.1, 0.15) is 65.3 Å². The van der Waals surface area contributed by atoms with Gasteiger partial charge in [0.1, 0.15) is 11.3 Å². The third kappa shape index (κ3) is 2.76. The van der Waals surface area contributed by atoms with Gasteiger partial charge in [-0.3, -0.25) is 0 Å². The summed E-state index contributed by atoms with van der Waals surface area (Å²) in [5, 5.41) is 1.15. The van der Waals surface area contributed by atoms with E-state index < -0.39 is 0 Å². The molecule has 1 aromatic heterocycles. The van der Waals surface area contributed by atoms with E-state index in [1.165, 1.54) is 5.56 Å².